The number of nitrogens with zero attached hydrogens (tertiary/aromatic N) is 2. The molecule has 1 aromatic carbocycles. The van der Waals surface area contributed by atoms with E-state index >= 15 is 0 Å². The fourth-order valence-electron chi connectivity index (χ4n) is 2.05. The maximum absolute atomic E-state index is 13.7. The maximum atomic E-state index is 13.7. The minimum Gasteiger partial charge on any atom is -0.356 e. The molecule has 0 atom stereocenters. The molecule has 0 spiro atoms. The van der Waals surface area contributed by atoms with Crippen LogP contribution in [0.3, 0.4) is 0 Å². The molecule has 0 aliphatic carbocycles. The van der Waals surface area contributed by atoms with Gasteiger partial charge >= 0.3 is 0 Å². The first-order valence-electron chi connectivity index (χ1n) is 7.31. The van der Waals surface area contributed by atoms with Crippen LogP contribution in [0.4, 0.5) is 4.39 Å². The number of aryl methyl sites for hydroxylation is 2. The standard InChI is InChI=1S/C16H20BrFN4S.HI/c1-10-11(2)23-15(22-10)9-21-16(19-3)20-7-6-12-8-13(17)4-5-14(12)18;/h4-5,8H,6-7,9H2,1-3H3,(H2,19,20,21);1H. The van der Waals surface area contributed by atoms with Gasteiger partial charge in [-0.2, -0.15) is 0 Å². The van der Waals surface area contributed by atoms with Crippen molar-refractivity contribution in [3.8, 4) is 0 Å². The van der Waals surface area contributed by atoms with Gasteiger partial charge in [-0.25, -0.2) is 9.37 Å². The molecule has 4 nitrogen and oxygen atoms in total. The highest BCUT2D eigenvalue weighted by Crippen LogP contribution is 2.16. The number of benzene rings is 1. The third-order valence-corrected chi connectivity index (χ3v) is 4.96. The topological polar surface area (TPSA) is 49.3 Å². The number of halogens is 3. The van der Waals surface area contributed by atoms with Crippen molar-refractivity contribution in [1.82, 2.24) is 15.6 Å². The van der Waals surface area contributed by atoms with Crippen LogP contribution in [0, 0.1) is 19.7 Å². The van der Waals surface area contributed by atoms with Gasteiger partial charge in [0.2, 0.25) is 0 Å². The zero-order valence-corrected chi connectivity index (χ0v) is 18.6. The van der Waals surface area contributed by atoms with Crippen LogP contribution in [-0.2, 0) is 13.0 Å². The molecule has 8 heteroatoms. The number of guanidine groups is 1. The Morgan fingerprint density at radius 3 is 2.71 bits per heavy atom. The summed E-state index contributed by atoms with van der Waals surface area (Å²) in [6.07, 6.45) is 0.585. The molecule has 1 aromatic heterocycles. The molecule has 0 bridgehead atoms. The highest BCUT2D eigenvalue weighted by molar-refractivity contribution is 14.0. The lowest BCUT2D eigenvalue weighted by molar-refractivity contribution is 0.606. The molecule has 0 saturated heterocycles. The molecule has 0 unspecified atom stereocenters. The minimum atomic E-state index is -0.188. The Bertz CT molecular complexity index is 686. The van der Waals surface area contributed by atoms with Crippen LogP contribution in [0.15, 0.2) is 27.7 Å². The maximum Gasteiger partial charge on any atom is 0.191 e. The van der Waals surface area contributed by atoms with E-state index in [2.05, 4.69) is 43.5 Å². The predicted molar refractivity (Wildman–Crippen MR) is 113 cm³/mol. The van der Waals surface area contributed by atoms with Gasteiger partial charge in [0.25, 0.3) is 0 Å². The Labute approximate surface area is 171 Å². The molecule has 0 amide bonds. The summed E-state index contributed by atoms with van der Waals surface area (Å²) >= 11 is 5.04. The summed E-state index contributed by atoms with van der Waals surface area (Å²) in [6.45, 7) is 5.30. The highest BCUT2D eigenvalue weighted by Gasteiger charge is 2.06. The van der Waals surface area contributed by atoms with Crippen LogP contribution in [0.2, 0.25) is 0 Å². The monoisotopic (exact) mass is 526 g/mol. The molecule has 2 aromatic rings. The Morgan fingerprint density at radius 2 is 2.08 bits per heavy atom. The van der Waals surface area contributed by atoms with E-state index < -0.39 is 0 Å². The van der Waals surface area contributed by atoms with Gasteiger partial charge in [0.1, 0.15) is 10.8 Å². The molecule has 2 N–H and O–H groups in total. The average Bonchev–Trinajstić information content (AvgIpc) is 2.84. The van der Waals surface area contributed by atoms with Crippen molar-refractivity contribution in [2.24, 2.45) is 4.99 Å². The summed E-state index contributed by atoms with van der Waals surface area (Å²) in [6, 6.07) is 4.97. The van der Waals surface area contributed by atoms with E-state index in [0.717, 1.165) is 15.2 Å². The Hall–Kier alpha value is -0.740. The SMILES string of the molecule is CN=C(NCCc1cc(Br)ccc1F)NCc1nc(C)c(C)s1.I. The van der Waals surface area contributed by atoms with Crippen molar-refractivity contribution in [3.05, 3.63) is 49.6 Å². The zero-order valence-electron chi connectivity index (χ0n) is 13.8. The predicted octanol–water partition coefficient (Wildman–Crippen LogP) is 4.19. The molecule has 24 heavy (non-hydrogen) atoms. The van der Waals surface area contributed by atoms with Crippen molar-refractivity contribution < 1.29 is 4.39 Å². The lowest BCUT2D eigenvalue weighted by Crippen LogP contribution is -2.37. The van der Waals surface area contributed by atoms with Gasteiger partial charge in [0, 0.05) is 22.9 Å². The summed E-state index contributed by atoms with van der Waals surface area (Å²) in [5.41, 5.74) is 1.74. The van der Waals surface area contributed by atoms with Gasteiger partial charge < -0.3 is 10.6 Å². The van der Waals surface area contributed by atoms with Crippen LogP contribution in [0.1, 0.15) is 21.1 Å². The Morgan fingerprint density at radius 1 is 1.33 bits per heavy atom. The van der Waals surface area contributed by atoms with Gasteiger partial charge in [-0.15, -0.1) is 35.3 Å². The minimum absolute atomic E-state index is 0. The van der Waals surface area contributed by atoms with E-state index in [1.807, 2.05) is 6.92 Å². The largest absolute Gasteiger partial charge is 0.356 e. The van der Waals surface area contributed by atoms with Gasteiger partial charge in [0.05, 0.1) is 12.2 Å². The summed E-state index contributed by atoms with van der Waals surface area (Å²) < 4.78 is 14.6. The highest BCUT2D eigenvalue weighted by atomic mass is 127. The quantitative estimate of drug-likeness (QED) is 0.349. The van der Waals surface area contributed by atoms with Crippen molar-refractivity contribution in [1.29, 1.82) is 0 Å². The normalized spacial score (nSPS) is 11.1. The molecule has 1 heterocycles. The molecule has 0 fully saturated rings. The van der Waals surface area contributed by atoms with E-state index in [9.17, 15) is 4.39 Å². The number of hydrogen-bond donors (Lipinski definition) is 2. The van der Waals surface area contributed by atoms with Crippen LogP contribution in [0.5, 0.6) is 0 Å². The first kappa shape index (κ1) is 21.3. The molecule has 0 aliphatic heterocycles. The van der Waals surface area contributed by atoms with E-state index in [-0.39, 0.29) is 29.8 Å². The van der Waals surface area contributed by atoms with E-state index in [4.69, 9.17) is 0 Å². The smallest absolute Gasteiger partial charge is 0.191 e. The summed E-state index contributed by atoms with van der Waals surface area (Å²) in [5.74, 6) is 0.498. The first-order valence-corrected chi connectivity index (χ1v) is 8.92. The van der Waals surface area contributed by atoms with Crippen molar-refractivity contribution in [2.75, 3.05) is 13.6 Å². The van der Waals surface area contributed by atoms with E-state index in [1.165, 1.54) is 10.9 Å². The second kappa shape index (κ2) is 10.3. The number of hydrogen-bond acceptors (Lipinski definition) is 3. The third kappa shape index (κ3) is 6.29. The van der Waals surface area contributed by atoms with E-state index in [0.29, 0.717) is 31.0 Å². The number of aromatic nitrogens is 1. The number of thiazole rings is 1. The number of rotatable bonds is 5. The Balaban J connectivity index is 0.00000288. The molecule has 2 rings (SSSR count). The van der Waals surface area contributed by atoms with Crippen LogP contribution in [0.25, 0.3) is 0 Å². The molecule has 132 valence electrons. The van der Waals surface area contributed by atoms with Crippen LogP contribution < -0.4 is 10.6 Å². The average molecular weight is 527 g/mol. The molecule has 0 saturated carbocycles. The fraction of sp³-hybridized carbons (Fsp3) is 0.375. The van der Waals surface area contributed by atoms with Gasteiger partial charge in [-0.1, -0.05) is 15.9 Å². The molecular formula is C16H21BrFIN4S. The van der Waals surface area contributed by atoms with Crippen LogP contribution in [-0.4, -0.2) is 24.5 Å². The lowest BCUT2D eigenvalue weighted by atomic mass is 10.1. The summed E-state index contributed by atoms with van der Waals surface area (Å²) in [5, 5.41) is 7.44. The second-order valence-electron chi connectivity index (χ2n) is 5.09. The number of aliphatic imine (C=N–C) groups is 1. The Kier molecular flexibility index (Phi) is 9.14. The zero-order chi connectivity index (χ0) is 16.8. The lowest BCUT2D eigenvalue weighted by Gasteiger charge is -2.11. The number of nitrogens with one attached hydrogen (secondary N) is 2. The van der Waals surface area contributed by atoms with Crippen LogP contribution >= 0.6 is 51.2 Å². The van der Waals surface area contributed by atoms with Gasteiger partial charge in [0.15, 0.2) is 5.96 Å². The third-order valence-electron chi connectivity index (χ3n) is 3.40. The molecule has 0 aliphatic rings. The van der Waals surface area contributed by atoms with Crippen molar-refractivity contribution in [2.45, 2.75) is 26.8 Å². The molecular weight excluding hydrogens is 506 g/mol. The molecule has 0 radical (unpaired) electrons. The van der Waals surface area contributed by atoms with E-state index in [1.54, 1.807) is 30.5 Å². The summed E-state index contributed by atoms with van der Waals surface area (Å²) in [4.78, 5) is 9.89. The first-order chi connectivity index (χ1) is 11.0. The van der Waals surface area contributed by atoms with Crippen molar-refractivity contribution in [3.63, 3.8) is 0 Å². The van der Waals surface area contributed by atoms with Crippen molar-refractivity contribution >= 4 is 57.2 Å². The summed E-state index contributed by atoms with van der Waals surface area (Å²) in [7, 11) is 1.72. The second-order valence-corrected chi connectivity index (χ2v) is 7.29. The van der Waals surface area contributed by atoms with Gasteiger partial charge in [-0.05, 0) is 44.0 Å². The van der Waals surface area contributed by atoms with Gasteiger partial charge in [-0.3, -0.25) is 4.99 Å². The fourth-order valence-corrected chi connectivity index (χ4v) is 3.33.